The summed E-state index contributed by atoms with van der Waals surface area (Å²) in [6.07, 6.45) is 11.4. The number of anilines is 3. The molecular weight excluding hydrogens is 986 g/mol. The fraction of sp³-hybridized carbons (Fsp3) is 0.278. The number of phenolic OH excluding ortho intramolecular Hbond substituents is 1. The van der Waals surface area contributed by atoms with Crippen LogP contribution in [0.15, 0.2) is 116 Å². The van der Waals surface area contributed by atoms with E-state index in [2.05, 4.69) is 26.6 Å². The number of nitrogens with zero attached hydrogens (tertiary/aromatic N) is 3. The van der Waals surface area contributed by atoms with Gasteiger partial charge in [-0.2, -0.15) is 0 Å². The number of hydrogen-bond donors (Lipinski definition) is 6. The van der Waals surface area contributed by atoms with Gasteiger partial charge in [0.15, 0.2) is 23.8 Å². The van der Waals surface area contributed by atoms with Crippen LogP contribution in [0.5, 0.6) is 11.5 Å². The van der Waals surface area contributed by atoms with E-state index in [4.69, 9.17) is 9.15 Å². The van der Waals surface area contributed by atoms with Crippen LogP contribution in [0.4, 0.5) is 25.7 Å². The first kappa shape index (κ1) is 53.0. The maximum Gasteiger partial charge on any atom is 0.737 e. The molecule has 2 aliphatic heterocycles. The molecule has 21 heteroatoms. The fourth-order valence-corrected chi connectivity index (χ4v) is 9.48. The molecule has 6 aromatic rings. The molecule has 0 radical (unpaired) electrons. The number of thiophene rings is 1. The third kappa shape index (κ3) is 12.4. The molecule has 0 fully saturated rings. The first-order chi connectivity index (χ1) is 36.1. The molecule has 390 valence electrons. The number of benzene rings is 2. The first-order valence-corrected chi connectivity index (χ1v) is 25.6. The van der Waals surface area contributed by atoms with Crippen molar-refractivity contribution in [1.82, 2.24) is 25.3 Å². The lowest BCUT2D eigenvalue weighted by molar-refractivity contribution is -0.360. The van der Waals surface area contributed by atoms with E-state index in [1.807, 2.05) is 24.4 Å². The van der Waals surface area contributed by atoms with Crippen LogP contribution >= 0.6 is 11.3 Å². The number of halogens is 2. The molecule has 0 saturated heterocycles. The van der Waals surface area contributed by atoms with Gasteiger partial charge < -0.3 is 63.3 Å². The molecule has 0 spiro atoms. The number of rotatable bonds is 25. The number of aryl methyl sites for hydroxylation is 1. The zero-order valence-electron chi connectivity index (χ0n) is 41.6. The van der Waals surface area contributed by atoms with E-state index in [0.717, 1.165) is 19.4 Å². The summed E-state index contributed by atoms with van der Waals surface area (Å²) in [7, 11) is 1.51. The van der Waals surface area contributed by atoms with Crippen LogP contribution in [0.2, 0.25) is 0 Å². The molecule has 6 N–H and O–H groups in total. The highest BCUT2D eigenvalue weighted by Crippen LogP contribution is 2.36. The Morgan fingerprint density at radius 3 is 2.36 bits per heavy atom. The number of aromatic nitrogens is 1. The lowest BCUT2D eigenvalue weighted by atomic mass is 9.90. The largest absolute Gasteiger partial charge is 0.737 e. The summed E-state index contributed by atoms with van der Waals surface area (Å²) in [6.45, 7) is 0.0828. The van der Waals surface area contributed by atoms with Crippen LogP contribution in [0.3, 0.4) is 0 Å². The Labute approximate surface area is 435 Å². The lowest BCUT2D eigenvalue weighted by Crippen LogP contribution is -2.50. The molecule has 0 unspecified atom stereocenters. The maximum atomic E-state index is 16.1. The van der Waals surface area contributed by atoms with Gasteiger partial charge in [0, 0.05) is 75.7 Å². The molecule has 4 amide bonds. The highest BCUT2D eigenvalue weighted by molar-refractivity contribution is 7.12. The Morgan fingerprint density at radius 2 is 1.61 bits per heavy atom. The third-order valence-corrected chi connectivity index (χ3v) is 13.7. The van der Waals surface area contributed by atoms with Crippen LogP contribution in [-0.2, 0) is 14.4 Å². The smallest absolute Gasteiger partial charge is 0.505 e. The monoisotopic (exact) mass is 1040 g/mol. The second-order valence-electron chi connectivity index (χ2n) is 18.1. The molecule has 3 aromatic heterocycles. The summed E-state index contributed by atoms with van der Waals surface area (Å²) in [5.74, 6) is -0.0372. The number of fused-ring (bicyclic) bond motifs is 2. The number of aromatic hydroxyl groups is 1. The third-order valence-electron chi connectivity index (χ3n) is 12.8. The number of amides is 4. The Bertz CT molecular complexity index is 3280. The number of nitrogens with one attached hydrogen (secondary N) is 5. The topological polar surface area (TPSA) is 216 Å². The predicted molar refractivity (Wildman–Crippen MR) is 286 cm³/mol. The van der Waals surface area contributed by atoms with Crippen molar-refractivity contribution in [1.29, 1.82) is 0 Å². The molecule has 75 heavy (non-hydrogen) atoms. The number of allylic oxidation sites excluding steroid dienone is 2. The normalized spacial score (nSPS) is 13.8. The van der Waals surface area contributed by atoms with Crippen molar-refractivity contribution in [2.24, 2.45) is 0 Å². The lowest BCUT2D eigenvalue weighted by Gasteiger charge is -2.30. The molecular formula is C54H57BF2N8O9S. The summed E-state index contributed by atoms with van der Waals surface area (Å²) < 4.78 is 45.8. The van der Waals surface area contributed by atoms with Crippen LogP contribution in [0.1, 0.15) is 95.2 Å². The van der Waals surface area contributed by atoms with Crippen molar-refractivity contribution in [2.75, 3.05) is 50.5 Å². The average Bonchev–Trinajstić information content (AvgIpc) is 4.25. The molecule has 1 atom stereocenters. The summed E-state index contributed by atoms with van der Waals surface area (Å²) in [5.41, 5.74) is 1.01. The molecule has 3 aromatic carbocycles. The minimum atomic E-state index is -4.15. The summed E-state index contributed by atoms with van der Waals surface area (Å²) in [6, 6.07) is 21.6. The van der Waals surface area contributed by atoms with Gasteiger partial charge in [-0.3, -0.25) is 28.8 Å². The van der Waals surface area contributed by atoms with Crippen molar-refractivity contribution in [3.05, 3.63) is 161 Å². The van der Waals surface area contributed by atoms with Gasteiger partial charge in [0.05, 0.1) is 22.2 Å². The number of phenols is 1. The van der Waals surface area contributed by atoms with E-state index >= 15 is 8.63 Å². The Balaban J connectivity index is 0.670. The molecule has 0 aliphatic carbocycles. The van der Waals surface area contributed by atoms with E-state index in [-0.39, 0.29) is 85.5 Å². The van der Waals surface area contributed by atoms with Crippen molar-refractivity contribution in [2.45, 2.75) is 58.4 Å². The van der Waals surface area contributed by atoms with Crippen LogP contribution in [-0.4, -0.2) is 95.1 Å². The Hall–Kier alpha value is -8.33. The molecule has 0 bridgehead atoms. The predicted octanol–water partition coefficient (Wildman–Crippen LogP) is 7.33. The van der Waals surface area contributed by atoms with Gasteiger partial charge in [0.2, 0.25) is 11.8 Å². The second kappa shape index (κ2) is 23.7. The quantitative estimate of drug-likeness (QED) is 0.0144. The number of carbonyl (C=O) groups excluding carboxylic acids is 4. The minimum absolute atomic E-state index is 0.0223. The molecule has 2 aliphatic rings. The average molecular weight is 1040 g/mol. The highest BCUT2D eigenvalue weighted by Gasteiger charge is 2.52. The van der Waals surface area contributed by atoms with Gasteiger partial charge in [-0.15, -0.1) is 11.3 Å². The van der Waals surface area contributed by atoms with E-state index in [1.54, 1.807) is 85.8 Å². The van der Waals surface area contributed by atoms with Crippen molar-refractivity contribution < 1.29 is 46.6 Å². The Morgan fingerprint density at radius 1 is 0.853 bits per heavy atom. The zero-order chi connectivity index (χ0) is 53.2. The SMILES string of the molecule is CC[C@@H](Nc1c(Nc2cccc(C(=O)N(C)CCNC(=O)CCNC(=O)CCCCCNC(=O)COc3ccc(/C=C/c4ccc5n4[B-](F)(F)[N+]4=C(c6cccs6)C=CC4=C5)cc3)c2O)c(=O)c1=O)c1ccc(C)o1. The van der Waals surface area contributed by atoms with E-state index in [1.165, 1.54) is 41.5 Å². The van der Waals surface area contributed by atoms with Crippen LogP contribution in [0.25, 0.3) is 18.2 Å². The number of para-hydroxylation sites is 1. The van der Waals surface area contributed by atoms with E-state index in [0.29, 0.717) is 72.3 Å². The van der Waals surface area contributed by atoms with Gasteiger partial charge in [-0.25, -0.2) is 0 Å². The first-order valence-electron chi connectivity index (χ1n) is 24.7. The summed E-state index contributed by atoms with van der Waals surface area (Å²) in [5, 5.41) is 27.0. The van der Waals surface area contributed by atoms with Gasteiger partial charge in [-0.05, 0) is 97.8 Å². The van der Waals surface area contributed by atoms with Crippen LogP contribution < -0.4 is 42.2 Å². The number of hydrogen-bond acceptors (Lipinski definition) is 12. The van der Waals surface area contributed by atoms with E-state index in [9.17, 15) is 33.9 Å². The number of furan rings is 1. The van der Waals surface area contributed by atoms with Crippen molar-refractivity contribution >= 4 is 82.9 Å². The van der Waals surface area contributed by atoms with Crippen molar-refractivity contribution in [3.63, 3.8) is 0 Å². The zero-order valence-corrected chi connectivity index (χ0v) is 42.4. The molecule has 5 heterocycles. The van der Waals surface area contributed by atoms with Gasteiger partial charge >= 0.3 is 6.97 Å². The van der Waals surface area contributed by atoms with E-state index < -0.39 is 29.5 Å². The number of likely N-dealkylation sites (N-methyl/N-ethyl adjacent to an activating group) is 1. The number of unbranched alkanes of at least 4 members (excludes halogenated alkanes) is 2. The number of carbonyl (C=O) groups is 4. The van der Waals surface area contributed by atoms with Gasteiger partial charge in [0.25, 0.3) is 22.7 Å². The minimum Gasteiger partial charge on any atom is -0.505 e. The standard InChI is InChI=1S/C54H57BF2N8O9S/c1-4-41(44-25-14-34(2)74-44)61-49-50(53(71)52(49)70)62-42-11-8-10-40(51(42)69)54(72)63(3)30-29-60-47(67)26-28-59-46(66)13-6-5-7-27-58-48(68)33-73-39-22-16-35(17-23-39)15-18-36-19-20-37-32-38-21-24-43(45-12-9-31-75-45)65(38)55(56,57)64(36)37/h8-12,14-25,31-32,41,61-62,69H,4-7,13,26-30,33H2,1-3H3,(H,58,68)(H,59,66)(H,60,67)/b18-15+/t41-/m1/s1. The second-order valence-corrected chi connectivity index (χ2v) is 19.0. The van der Waals surface area contributed by atoms with Crippen LogP contribution in [0, 0.1) is 6.92 Å². The summed E-state index contributed by atoms with van der Waals surface area (Å²) in [4.78, 5) is 77.7. The van der Waals surface area contributed by atoms with Gasteiger partial charge in [-0.1, -0.05) is 43.7 Å². The molecule has 8 rings (SSSR count). The maximum absolute atomic E-state index is 16.1. The molecule has 0 saturated carbocycles. The number of ether oxygens (including phenoxy) is 1. The Kier molecular flexibility index (Phi) is 16.7. The van der Waals surface area contributed by atoms with Crippen molar-refractivity contribution in [3.8, 4) is 11.5 Å². The van der Waals surface area contributed by atoms with Gasteiger partial charge in [0.1, 0.15) is 28.6 Å². The summed E-state index contributed by atoms with van der Waals surface area (Å²) >= 11 is 1.42. The molecule has 17 nitrogen and oxygen atoms in total. The highest BCUT2D eigenvalue weighted by atomic mass is 32.1. The fourth-order valence-electron chi connectivity index (χ4n) is 8.74.